The number of rotatable bonds is 3. The second-order valence-corrected chi connectivity index (χ2v) is 5.73. The fourth-order valence-corrected chi connectivity index (χ4v) is 2.67. The van der Waals surface area contributed by atoms with Crippen LogP contribution in [-0.4, -0.2) is 12.5 Å². The summed E-state index contributed by atoms with van der Waals surface area (Å²) >= 11 is 5.88. The number of nitrogens with one attached hydrogen (secondary N) is 2. The van der Waals surface area contributed by atoms with Gasteiger partial charge in [0.05, 0.1) is 6.04 Å². The van der Waals surface area contributed by atoms with Crippen molar-refractivity contribution < 1.29 is 4.79 Å². The molecule has 108 valence electrons. The number of hydrogen-bond acceptors (Lipinski definition) is 2. The minimum atomic E-state index is -0.0612. The molecule has 1 amide bonds. The van der Waals surface area contributed by atoms with E-state index < -0.39 is 0 Å². The Morgan fingerprint density at radius 2 is 2.00 bits per heavy atom. The van der Waals surface area contributed by atoms with Gasteiger partial charge in [0.1, 0.15) is 0 Å². The fraction of sp³-hybridized carbons (Fsp3) is 0.235. The maximum absolute atomic E-state index is 12.3. The average Bonchev–Trinajstić information content (AvgIpc) is 2.95. The molecule has 1 aliphatic rings. The van der Waals surface area contributed by atoms with Gasteiger partial charge in [0.2, 0.25) is 0 Å². The Labute approximate surface area is 129 Å². The molecule has 1 atom stereocenters. The lowest BCUT2D eigenvalue weighted by Crippen LogP contribution is -2.26. The first-order valence-corrected chi connectivity index (χ1v) is 7.44. The SMILES string of the molecule is C[C@@H](NC(=O)c1ccc2c(c1)NCC2)c1ccc(Cl)cc1. The highest BCUT2D eigenvalue weighted by Gasteiger charge is 2.15. The number of amides is 1. The van der Waals surface area contributed by atoms with Crippen molar-refractivity contribution in [2.45, 2.75) is 19.4 Å². The van der Waals surface area contributed by atoms with E-state index >= 15 is 0 Å². The lowest BCUT2D eigenvalue weighted by Gasteiger charge is -2.15. The second kappa shape index (κ2) is 5.78. The summed E-state index contributed by atoms with van der Waals surface area (Å²) < 4.78 is 0. The Balaban J connectivity index is 1.72. The van der Waals surface area contributed by atoms with Crippen LogP contribution in [0.5, 0.6) is 0 Å². The van der Waals surface area contributed by atoms with Crippen LogP contribution in [0.2, 0.25) is 5.02 Å². The number of hydrogen-bond donors (Lipinski definition) is 2. The Morgan fingerprint density at radius 1 is 1.24 bits per heavy atom. The van der Waals surface area contributed by atoms with Crippen molar-refractivity contribution in [3.63, 3.8) is 0 Å². The molecular formula is C17H17ClN2O. The van der Waals surface area contributed by atoms with Crippen molar-refractivity contribution >= 4 is 23.2 Å². The van der Waals surface area contributed by atoms with E-state index in [0.29, 0.717) is 10.6 Å². The molecule has 0 aliphatic carbocycles. The van der Waals surface area contributed by atoms with Crippen LogP contribution in [0.4, 0.5) is 5.69 Å². The van der Waals surface area contributed by atoms with Crippen molar-refractivity contribution in [3.05, 3.63) is 64.2 Å². The molecule has 21 heavy (non-hydrogen) atoms. The lowest BCUT2D eigenvalue weighted by atomic mass is 10.1. The third kappa shape index (κ3) is 3.03. The molecule has 1 heterocycles. The number of halogens is 1. The molecule has 3 nitrogen and oxygen atoms in total. The van der Waals surface area contributed by atoms with Crippen LogP contribution in [0.1, 0.15) is 34.5 Å². The largest absolute Gasteiger partial charge is 0.384 e. The smallest absolute Gasteiger partial charge is 0.251 e. The molecule has 0 spiro atoms. The standard InChI is InChI=1S/C17H17ClN2O/c1-11(12-4-6-15(18)7-5-12)20-17(21)14-3-2-13-8-9-19-16(13)10-14/h2-7,10-11,19H,8-9H2,1H3,(H,20,21)/t11-/m1/s1. The third-order valence-electron chi connectivity index (χ3n) is 3.80. The minimum absolute atomic E-state index is 0.0593. The van der Waals surface area contributed by atoms with E-state index in [1.54, 1.807) is 0 Å². The highest BCUT2D eigenvalue weighted by atomic mass is 35.5. The van der Waals surface area contributed by atoms with Crippen LogP contribution in [0.15, 0.2) is 42.5 Å². The van der Waals surface area contributed by atoms with Gasteiger partial charge in [-0.1, -0.05) is 29.8 Å². The van der Waals surface area contributed by atoms with Gasteiger partial charge in [-0.15, -0.1) is 0 Å². The molecule has 3 rings (SSSR count). The Hall–Kier alpha value is -2.00. The highest BCUT2D eigenvalue weighted by Crippen LogP contribution is 2.23. The zero-order valence-electron chi connectivity index (χ0n) is 11.8. The van der Waals surface area contributed by atoms with Crippen LogP contribution >= 0.6 is 11.6 Å². The maximum atomic E-state index is 12.3. The maximum Gasteiger partial charge on any atom is 0.251 e. The van der Waals surface area contributed by atoms with Crippen molar-refractivity contribution in [3.8, 4) is 0 Å². The van der Waals surface area contributed by atoms with Crippen molar-refractivity contribution in [1.29, 1.82) is 0 Å². The molecule has 0 saturated heterocycles. The number of carbonyl (C=O) groups is 1. The van der Waals surface area contributed by atoms with E-state index in [1.807, 2.05) is 49.4 Å². The Bertz CT molecular complexity index is 667. The van der Waals surface area contributed by atoms with Gasteiger partial charge in [-0.05, 0) is 48.7 Å². The molecule has 1 aliphatic heterocycles. The van der Waals surface area contributed by atoms with Gasteiger partial charge in [0.15, 0.2) is 0 Å². The first-order chi connectivity index (χ1) is 10.1. The van der Waals surface area contributed by atoms with Crippen molar-refractivity contribution in [2.24, 2.45) is 0 Å². The first kappa shape index (κ1) is 14.0. The number of carbonyl (C=O) groups excluding carboxylic acids is 1. The van der Waals surface area contributed by atoms with Crippen LogP contribution in [0.25, 0.3) is 0 Å². The number of fused-ring (bicyclic) bond motifs is 1. The van der Waals surface area contributed by atoms with Crippen LogP contribution in [0.3, 0.4) is 0 Å². The van der Waals surface area contributed by atoms with Gasteiger partial charge in [0, 0.05) is 22.8 Å². The van der Waals surface area contributed by atoms with Gasteiger partial charge in [-0.25, -0.2) is 0 Å². The van der Waals surface area contributed by atoms with E-state index in [1.165, 1.54) is 5.56 Å². The van der Waals surface area contributed by atoms with E-state index in [0.717, 1.165) is 24.2 Å². The summed E-state index contributed by atoms with van der Waals surface area (Å²) in [6, 6.07) is 13.3. The normalized spacial score (nSPS) is 14.2. The molecule has 2 N–H and O–H groups in total. The Morgan fingerprint density at radius 3 is 2.76 bits per heavy atom. The summed E-state index contributed by atoms with van der Waals surface area (Å²) in [4.78, 5) is 12.3. The zero-order chi connectivity index (χ0) is 14.8. The van der Waals surface area contributed by atoms with Crippen LogP contribution < -0.4 is 10.6 Å². The fourth-order valence-electron chi connectivity index (χ4n) is 2.55. The van der Waals surface area contributed by atoms with Gasteiger partial charge in [0.25, 0.3) is 5.91 Å². The third-order valence-corrected chi connectivity index (χ3v) is 4.05. The minimum Gasteiger partial charge on any atom is -0.384 e. The molecule has 0 bridgehead atoms. The predicted molar refractivity (Wildman–Crippen MR) is 86.0 cm³/mol. The monoisotopic (exact) mass is 300 g/mol. The number of anilines is 1. The predicted octanol–water partition coefficient (Wildman–Crippen LogP) is 3.80. The molecule has 4 heteroatoms. The molecule has 2 aromatic carbocycles. The van der Waals surface area contributed by atoms with Gasteiger partial charge >= 0.3 is 0 Å². The summed E-state index contributed by atoms with van der Waals surface area (Å²) in [5.74, 6) is -0.0612. The quantitative estimate of drug-likeness (QED) is 0.905. The van der Waals surface area contributed by atoms with Crippen LogP contribution in [0, 0.1) is 0 Å². The van der Waals surface area contributed by atoms with E-state index in [9.17, 15) is 4.79 Å². The zero-order valence-corrected chi connectivity index (χ0v) is 12.6. The van der Waals surface area contributed by atoms with Crippen molar-refractivity contribution in [2.75, 3.05) is 11.9 Å². The molecule has 0 fully saturated rings. The summed E-state index contributed by atoms with van der Waals surface area (Å²) in [6.07, 6.45) is 1.03. The van der Waals surface area contributed by atoms with Crippen molar-refractivity contribution in [1.82, 2.24) is 5.32 Å². The molecule has 2 aromatic rings. The molecule has 0 radical (unpaired) electrons. The average molecular weight is 301 g/mol. The number of benzene rings is 2. The van der Waals surface area contributed by atoms with Gasteiger partial charge in [-0.3, -0.25) is 4.79 Å². The van der Waals surface area contributed by atoms with Gasteiger partial charge in [-0.2, -0.15) is 0 Å². The first-order valence-electron chi connectivity index (χ1n) is 7.06. The summed E-state index contributed by atoms with van der Waals surface area (Å²) in [5.41, 5.74) is 4.06. The van der Waals surface area contributed by atoms with E-state index in [2.05, 4.69) is 10.6 Å². The van der Waals surface area contributed by atoms with E-state index in [4.69, 9.17) is 11.6 Å². The lowest BCUT2D eigenvalue weighted by molar-refractivity contribution is 0.0940. The molecule has 0 saturated carbocycles. The molecule has 0 aromatic heterocycles. The Kier molecular flexibility index (Phi) is 3.84. The summed E-state index contributed by atoms with van der Waals surface area (Å²) in [7, 11) is 0. The van der Waals surface area contributed by atoms with Gasteiger partial charge < -0.3 is 10.6 Å². The highest BCUT2D eigenvalue weighted by molar-refractivity contribution is 6.30. The van der Waals surface area contributed by atoms with E-state index in [-0.39, 0.29) is 11.9 Å². The van der Waals surface area contributed by atoms with Crippen LogP contribution in [-0.2, 0) is 6.42 Å². The summed E-state index contributed by atoms with van der Waals surface area (Å²) in [6.45, 7) is 2.91. The second-order valence-electron chi connectivity index (χ2n) is 5.30. The molecule has 0 unspecified atom stereocenters. The topological polar surface area (TPSA) is 41.1 Å². The molecular weight excluding hydrogens is 284 g/mol. The summed E-state index contributed by atoms with van der Waals surface area (Å²) in [5, 5.41) is 7.00.